The summed E-state index contributed by atoms with van der Waals surface area (Å²) in [7, 11) is 7.12. The normalized spacial score (nSPS) is 17.9. The first kappa shape index (κ1) is 22.6. The van der Waals surface area contributed by atoms with E-state index in [4.69, 9.17) is 19.4 Å². The summed E-state index contributed by atoms with van der Waals surface area (Å²) in [6.45, 7) is 0. The lowest BCUT2D eigenvalue weighted by molar-refractivity contribution is 0.0923. The molecule has 174 valence electrons. The third-order valence-corrected chi connectivity index (χ3v) is 6.06. The van der Waals surface area contributed by atoms with Crippen LogP contribution in [0.4, 0.5) is 11.8 Å². The lowest BCUT2D eigenvalue weighted by atomic mass is 9.91. The fraction of sp³-hybridized carbons (Fsp3) is 0.400. The number of hydrogen-bond acceptors (Lipinski definition) is 7. The molecule has 33 heavy (non-hydrogen) atoms. The summed E-state index contributed by atoms with van der Waals surface area (Å²) in [6, 6.07) is 13.7. The molecule has 1 aliphatic rings. The van der Waals surface area contributed by atoms with E-state index in [0.29, 0.717) is 23.0 Å². The third kappa shape index (κ3) is 5.10. The molecule has 2 aromatic carbocycles. The molecule has 3 aromatic rings. The number of aromatic nitrogens is 2. The number of carbonyl (C=O) groups is 1. The van der Waals surface area contributed by atoms with E-state index >= 15 is 0 Å². The number of amides is 1. The molecule has 0 spiro atoms. The molecule has 0 unspecified atom stereocenters. The van der Waals surface area contributed by atoms with Crippen molar-refractivity contribution >= 4 is 28.6 Å². The molecule has 8 nitrogen and oxygen atoms in total. The highest BCUT2D eigenvalue weighted by Crippen LogP contribution is 2.28. The summed E-state index contributed by atoms with van der Waals surface area (Å²) in [5.41, 5.74) is 1.44. The predicted octanol–water partition coefficient (Wildman–Crippen LogP) is 3.87. The lowest BCUT2D eigenvalue weighted by Gasteiger charge is -2.30. The third-order valence-electron chi connectivity index (χ3n) is 6.06. The molecule has 1 aliphatic carbocycles. The van der Waals surface area contributed by atoms with Crippen LogP contribution in [-0.4, -0.2) is 56.3 Å². The lowest BCUT2D eigenvalue weighted by Crippen LogP contribution is -2.40. The molecule has 1 fully saturated rings. The van der Waals surface area contributed by atoms with Gasteiger partial charge in [0.15, 0.2) is 0 Å². The van der Waals surface area contributed by atoms with Crippen molar-refractivity contribution in [3.05, 3.63) is 48.0 Å². The van der Waals surface area contributed by atoms with Gasteiger partial charge in [0.2, 0.25) is 5.95 Å². The first-order chi connectivity index (χ1) is 16.0. The molecule has 1 saturated carbocycles. The van der Waals surface area contributed by atoms with Crippen molar-refractivity contribution in [2.75, 3.05) is 38.5 Å². The zero-order valence-corrected chi connectivity index (χ0v) is 19.6. The van der Waals surface area contributed by atoms with Crippen LogP contribution in [0.3, 0.4) is 0 Å². The number of carbonyl (C=O) groups excluding carboxylic acids is 1. The number of ether oxygens (including phenoxy) is 2. The minimum atomic E-state index is -0.126. The summed E-state index contributed by atoms with van der Waals surface area (Å²) < 4.78 is 10.6. The van der Waals surface area contributed by atoms with Gasteiger partial charge in [0.1, 0.15) is 17.3 Å². The van der Waals surface area contributed by atoms with Gasteiger partial charge in [0, 0.05) is 37.6 Å². The second-order valence-electron chi connectivity index (χ2n) is 8.51. The van der Waals surface area contributed by atoms with Gasteiger partial charge in [-0.1, -0.05) is 12.1 Å². The number of hydrogen-bond donors (Lipinski definition) is 2. The maximum Gasteiger partial charge on any atom is 0.255 e. The van der Waals surface area contributed by atoms with Gasteiger partial charge in [0.05, 0.1) is 25.3 Å². The second kappa shape index (κ2) is 9.94. The topological polar surface area (TPSA) is 88.6 Å². The highest BCUT2D eigenvalue weighted by atomic mass is 16.5. The largest absolute Gasteiger partial charge is 0.497 e. The van der Waals surface area contributed by atoms with E-state index in [-0.39, 0.29) is 18.0 Å². The number of nitrogens with zero attached hydrogens (tertiary/aromatic N) is 3. The highest BCUT2D eigenvalue weighted by molar-refractivity contribution is 5.97. The zero-order chi connectivity index (χ0) is 23.4. The second-order valence-corrected chi connectivity index (χ2v) is 8.51. The van der Waals surface area contributed by atoms with E-state index in [0.717, 1.165) is 42.4 Å². The highest BCUT2D eigenvalue weighted by Gasteiger charge is 2.25. The predicted molar refractivity (Wildman–Crippen MR) is 131 cm³/mol. The van der Waals surface area contributed by atoms with Crippen LogP contribution in [0.1, 0.15) is 36.0 Å². The van der Waals surface area contributed by atoms with E-state index in [1.54, 1.807) is 32.4 Å². The number of anilines is 2. The zero-order valence-electron chi connectivity index (χ0n) is 19.6. The SMILES string of the molecule is COc1ccc(C(=O)NC2CCC(Nc3nc(N(C)C)c4ccccc4n3)CC2)c(OC)c1. The van der Waals surface area contributed by atoms with Gasteiger partial charge in [-0.3, -0.25) is 4.79 Å². The van der Waals surface area contributed by atoms with Gasteiger partial charge < -0.3 is 25.0 Å². The quantitative estimate of drug-likeness (QED) is 0.566. The van der Waals surface area contributed by atoms with Gasteiger partial charge in [-0.05, 0) is 49.9 Å². The number of fused-ring (bicyclic) bond motifs is 1. The van der Waals surface area contributed by atoms with Crippen molar-refractivity contribution in [2.24, 2.45) is 0 Å². The van der Waals surface area contributed by atoms with Crippen LogP contribution in [0.15, 0.2) is 42.5 Å². The first-order valence-electron chi connectivity index (χ1n) is 11.2. The Morgan fingerprint density at radius 3 is 2.39 bits per heavy atom. The fourth-order valence-corrected chi connectivity index (χ4v) is 4.28. The van der Waals surface area contributed by atoms with Crippen molar-refractivity contribution in [3.63, 3.8) is 0 Å². The van der Waals surface area contributed by atoms with Crippen LogP contribution in [0.5, 0.6) is 11.5 Å². The van der Waals surface area contributed by atoms with Crippen LogP contribution >= 0.6 is 0 Å². The van der Waals surface area contributed by atoms with Crippen molar-refractivity contribution < 1.29 is 14.3 Å². The molecular weight excluding hydrogens is 418 g/mol. The molecular formula is C25H31N5O3. The van der Waals surface area contributed by atoms with Crippen molar-refractivity contribution in [1.29, 1.82) is 0 Å². The number of para-hydroxylation sites is 1. The monoisotopic (exact) mass is 449 g/mol. The van der Waals surface area contributed by atoms with E-state index in [1.807, 2.05) is 43.3 Å². The first-order valence-corrected chi connectivity index (χ1v) is 11.2. The van der Waals surface area contributed by atoms with Gasteiger partial charge >= 0.3 is 0 Å². The van der Waals surface area contributed by atoms with Gasteiger partial charge in [0.25, 0.3) is 5.91 Å². The fourth-order valence-electron chi connectivity index (χ4n) is 4.28. The number of rotatable bonds is 7. The molecule has 0 radical (unpaired) electrons. The van der Waals surface area contributed by atoms with Gasteiger partial charge in [-0.25, -0.2) is 4.98 Å². The van der Waals surface area contributed by atoms with Crippen LogP contribution < -0.4 is 25.0 Å². The minimum absolute atomic E-state index is 0.122. The van der Waals surface area contributed by atoms with Crippen LogP contribution in [0, 0.1) is 0 Å². The minimum Gasteiger partial charge on any atom is -0.497 e. The molecule has 0 atom stereocenters. The van der Waals surface area contributed by atoms with Crippen molar-refractivity contribution in [3.8, 4) is 11.5 Å². The van der Waals surface area contributed by atoms with Crippen molar-refractivity contribution in [1.82, 2.24) is 15.3 Å². The average molecular weight is 450 g/mol. The van der Waals surface area contributed by atoms with Crippen molar-refractivity contribution in [2.45, 2.75) is 37.8 Å². The summed E-state index contributed by atoms with van der Waals surface area (Å²) in [5, 5.41) is 7.70. The molecule has 1 heterocycles. The molecule has 0 saturated heterocycles. The van der Waals surface area contributed by atoms with Crippen LogP contribution in [0.25, 0.3) is 10.9 Å². The number of methoxy groups -OCH3 is 2. The van der Waals surface area contributed by atoms with E-state index < -0.39 is 0 Å². The summed E-state index contributed by atoms with van der Waals surface area (Å²) >= 11 is 0. The molecule has 0 aliphatic heterocycles. The average Bonchev–Trinajstić information content (AvgIpc) is 2.84. The molecule has 8 heteroatoms. The van der Waals surface area contributed by atoms with E-state index in [1.165, 1.54) is 0 Å². The van der Waals surface area contributed by atoms with Gasteiger partial charge in [-0.15, -0.1) is 0 Å². The Bertz CT molecular complexity index is 1130. The Labute approximate surface area is 194 Å². The smallest absolute Gasteiger partial charge is 0.255 e. The maximum absolute atomic E-state index is 12.8. The van der Waals surface area contributed by atoms with Crippen LogP contribution in [0.2, 0.25) is 0 Å². The number of benzene rings is 2. The van der Waals surface area contributed by atoms with Crippen LogP contribution in [-0.2, 0) is 0 Å². The Hall–Kier alpha value is -3.55. The Morgan fingerprint density at radius 2 is 1.70 bits per heavy atom. The Kier molecular flexibility index (Phi) is 6.82. The van der Waals surface area contributed by atoms with Gasteiger partial charge in [-0.2, -0.15) is 4.98 Å². The van der Waals surface area contributed by atoms with E-state index in [9.17, 15) is 4.79 Å². The summed E-state index contributed by atoms with van der Waals surface area (Å²) in [5.74, 6) is 2.58. The number of nitrogens with one attached hydrogen (secondary N) is 2. The molecule has 0 bridgehead atoms. The molecule has 1 amide bonds. The summed E-state index contributed by atoms with van der Waals surface area (Å²) in [6.07, 6.45) is 3.63. The Morgan fingerprint density at radius 1 is 0.970 bits per heavy atom. The summed E-state index contributed by atoms with van der Waals surface area (Å²) in [4.78, 5) is 24.3. The Balaban J connectivity index is 1.37. The van der Waals surface area contributed by atoms with E-state index in [2.05, 4.69) is 10.6 Å². The molecule has 1 aromatic heterocycles. The molecule has 4 rings (SSSR count). The molecule has 2 N–H and O–H groups in total. The standard InChI is InChI=1S/C25H31N5O3/c1-30(2)23-19-7-5-6-8-21(19)28-25(29-23)27-17-11-9-16(10-12-17)26-24(31)20-14-13-18(32-3)15-22(20)33-4/h5-8,13-17H,9-12H2,1-4H3,(H,26,31)(H,27,28,29). The maximum atomic E-state index is 12.8.